The Hall–Kier alpha value is -1.87. The zero-order chi connectivity index (χ0) is 21.0. The topological polar surface area (TPSA) is 75.7 Å². The predicted molar refractivity (Wildman–Crippen MR) is 116 cm³/mol. The van der Waals surface area contributed by atoms with Gasteiger partial charge in [0.2, 0.25) is 15.9 Å². The van der Waals surface area contributed by atoms with Gasteiger partial charge in [-0.2, -0.15) is 4.31 Å². The molecule has 156 valence electrons. The molecule has 0 spiro atoms. The molecule has 8 heteroatoms. The van der Waals surface area contributed by atoms with Crippen molar-refractivity contribution in [2.75, 3.05) is 37.4 Å². The number of carbonyl (C=O) groups excluding carboxylic acids is 1. The van der Waals surface area contributed by atoms with Gasteiger partial charge in [-0.25, -0.2) is 8.42 Å². The van der Waals surface area contributed by atoms with E-state index in [0.29, 0.717) is 32.0 Å². The summed E-state index contributed by atoms with van der Waals surface area (Å²) in [5.41, 5.74) is 3.74. The Kier molecular flexibility index (Phi) is 7.00. The van der Waals surface area contributed by atoms with E-state index in [9.17, 15) is 13.2 Å². The minimum atomic E-state index is -3.60. The van der Waals surface area contributed by atoms with E-state index in [4.69, 9.17) is 4.74 Å². The summed E-state index contributed by atoms with van der Waals surface area (Å²) in [7, 11) is -3.60. The molecule has 1 aliphatic rings. The van der Waals surface area contributed by atoms with E-state index < -0.39 is 10.0 Å². The fraction of sp³-hybridized carbons (Fsp3) is 0.381. The number of aryl methyl sites for hydroxylation is 3. The van der Waals surface area contributed by atoms with Crippen molar-refractivity contribution in [1.29, 1.82) is 0 Å². The van der Waals surface area contributed by atoms with Gasteiger partial charge < -0.3 is 10.1 Å². The number of amides is 1. The summed E-state index contributed by atoms with van der Waals surface area (Å²) < 4.78 is 32.4. The molecule has 2 aromatic rings. The Morgan fingerprint density at radius 3 is 2.41 bits per heavy atom. The van der Waals surface area contributed by atoms with Crippen LogP contribution in [0.1, 0.15) is 16.7 Å². The summed E-state index contributed by atoms with van der Waals surface area (Å²) in [6, 6.07) is 11.0. The molecular formula is C21H26N2O4S2. The maximum Gasteiger partial charge on any atom is 0.243 e. The molecule has 1 fully saturated rings. The Labute approximate surface area is 176 Å². The van der Waals surface area contributed by atoms with Crippen molar-refractivity contribution in [2.24, 2.45) is 0 Å². The molecule has 1 amide bonds. The molecule has 29 heavy (non-hydrogen) atoms. The summed E-state index contributed by atoms with van der Waals surface area (Å²) in [5, 5.41) is 2.85. The van der Waals surface area contributed by atoms with E-state index in [2.05, 4.69) is 18.3 Å². The minimum Gasteiger partial charge on any atom is -0.379 e. The van der Waals surface area contributed by atoms with Crippen molar-refractivity contribution in [3.63, 3.8) is 0 Å². The third-order valence-electron chi connectivity index (χ3n) is 4.94. The van der Waals surface area contributed by atoms with Gasteiger partial charge in [-0.3, -0.25) is 4.79 Å². The molecule has 0 saturated carbocycles. The first-order chi connectivity index (χ1) is 13.8. The van der Waals surface area contributed by atoms with Crippen molar-refractivity contribution in [2.45, 2.75) is 30.6 Å². The van der Waals surface area contributed by atoms with Crippen LogP contribution in [0.5, 0.6) is 0 Å². The highest BCUT2D eigenvalue weighted by Gasteiger charge is 2.26. The lowest BCUT2D eigenvalue weighted by Gasteiger charge is -2.26. The second-order valence-corrected chi connectivity index (χ2v) is 10.1. The van der Waals surface area contributed by atoms with Crippen molar-refractivity contribution < 1.29 is 17.9 Å². The number of sulfonamides is 1. The average Bonchev–Trinajstić information content (AvgIpc) is 2.71. The predicted octanol–water partition coefficient (Wildman–Crippen LogP) is 3.36. The van der Waals surface area contributed by atoms with Crippen LogP contribution in [0, 0.1) is 20.8 Å². The normalized spacial score (nSPS) is 15.3. The molecule has 6 nitrogen and oxygen atoms in total. The van der Waals surface area contributed by atoms with E-state index in [1.165, 1.54) is 27.2 Å². The summed E-state index contributed by atoms with van der Waals surface area (Å²) in [5.74, 6) is 0.0831. The van der Waals surface area contributed by atoms with Crippen molar-refractivity contribution >= 4 is 33.4 Å². The lowest BCUT2D eigenvalue weighted by atomic mass is 10.1. The zero-order valence-corrected chi connectivity index (χ0v) is 18.5. The molecule has 0 atom stereocenters. The van der Waals surface area contributed by atoms with Crippen LogP contribution >= 0.6 is 11.8 Å². The van der Waals surface area contributed by atoms with Crippen molar-refractivity contribution in [3.8, 4) is 0 Å². The monoisotopic (exact) mass is 434 g/mol. The average molecular weight is 435 g/mol. The number of ether oxygens (including phenoxy) is 1. The summed E-state index contributed by atoms with van der Waals surface area (Å²) >= 11 is 1.46. The highest BCUT2D eigenvalue weighted by atomic mass is 32.2. The smallest absolute Gasteiger partial charge is 0.243 e. The number of hydrogen-bond donors (Lipinski definition) is 1. The van der Waals surface area contributed by atoms with Crippen molar-refractivity contribution in [1.82, 2.24) is 4.31 Å². The van der Waals surface area contributed by atoms with Crippen LogP contribution in [0.3, 0.4) is 0 Å². The van der Waals surface area contributed by atoms with Gasteiger partial charge in [0.05, 0.1) is 23.9 Å². The Morgan fingerprint density at radius 2 is 1.72 bits per heavy atom. The van der Waals surface area contributed by atoms with E-state index in [1.807, 2.05) is 26.0 Å². The maximum absolute atomic E-state index is 12.9. The van der Waals surface area contributed by atoms with Gasteiger partial charge in [0.1, 0.15) is 0 Å². The molecule has 0 aromatic heterocycles. The van der Waals surface area contributed by atoms with Crippen LogP contribution in [0.2, 0.25) is 0 Å². The minimum absolute atomic E-state index is 0.169. The van der Waals surface area contributed by atoms with Crippen LogP contribution in [0.4, 0.5) is 5.69 Å². The molecule has 1 saturated heterocycles. The zero-order valence-electron chi connectivity index (χ0n) is 16.9. The molecule has 0 aliphatic carbocycles. The third-order valence-corrected chi connectivity index (χ3v) is 7.83. The number of morpholine rings is 1. The number of rotatable bonds is 6. The fourth-order valence-corrected chi connectivity index (χ4v) is 5.20. The van der Waals surface area contributed by atoms with E-state index >= 15 is 0 Å². The summed E-state index contributed by atoms with van der Waals surface area (Å²) in [6.07, 6.45) is 0. The van der Waals surface area contributed by atoms with Crippen molar-refractivity contribution in [3.05, 3.63) is 53.1 Å². The van der Waals surface area contributed by atoms with Crippen LogP contribution in [-0.2, 0) is 19.6 Å². The molecule has 0 unspecified atom stereocenters. The first-order valence-corrected chi connectivity index (χ1v) is 11.9. The van der Waals surface area contributed by atoms with Crippen LogP contribution < -0.4 is 5.32 Å². The van der Waals surface area contributed by atoms with Gasteiger partial charge >= 0.3 is 0 Å². The molecule has 3 rings (SSSR count). The molecule has 1 heterocycles. The summed E-state index contributed by atoms with van der Waals surface area (Å²) in [4.78, 5) is 13.7. The fourth-order valence-electron chi connectivity index (χ4n) is 2.97. The maximum atomic E-state index is 12.9. The van der Waals surface area contributed by atoms with Crippen LogP contribution in [-0.4, -0.2) is 50.7 Å². The molecule has 2 aromatic carbocycles. The van der Waals surface area contributed by atoms with Gasteiger partial charge in [0, 0.05) is 23.7 Å². The van der Waals surface area contributed by atoms with Gasteiger partial charge in [-0.05, 0) is 61.7 Å². The number of carbonyl (C=O) groups is 1. The Bertz CT molecular complexity index is 1000. The van der Waals surface area contributed by atoms with Crippen LogP contribution in [0.25, 0.3) is 0 Å². The first kappa shape index (κ1) is 21.8. The Morgan fingerprint density at radius 1 is 1.03 bits per heavy atom. The third kappa shape index (κ3) is 5.39. The molecule has 1 aliphatic heterocycles. The molecule has 1 N–H and O–H groups in total. The highest BCUT2D eigenvalue weighted by Crippen LogP contribution is 2.25. The lowest BCUT2D eigenvalue weighted by Crippen LogP contribution is -2.40. The number of anilines is 1. The highest BCUT2D eigenvalue weighted by molar-refractivity contribution is 8.00. The molecule has 0 bridgehead atoms. The SMILES string of the molecule is Cc1ccc(SCC(=O)Nc2cc(S(=O)(=O)N3CCOCC3)ccc2C)cc1C. The quantitative estimate of drug-likeness (QED) is 0.706. The number of benzene rings is 2. The summed E-state index contributed by atoms with van der Waals surface area (Å²) in [6.45, 7) is 7.40. The van der Waals surface area contributed by atoms with E-state index in [1.54, 1.807) is 18.2 Å². The van der Waals surface area contributed by atoms with Gasteiger partial charge in [0.15, 0.2) is 0 Å². The first-order valence-electron chi connectivity index (χ1n) is 9.46. The van der Waals surface area contributed by atoms with Gasteiger partial charge in [-0.15, -0.1) is 11.8 Å². The lowest BCUT2D eigenvalue weighted by molar-refractivity contribution is -0.113. The largest absolute Gasteiger partial charge is 0.379 e. The number of thioether (sulfide) groups is 1. The molecule has 0 radical (unpaired) electrons. The molecular weight excluding hydrogens is 408 g/mol. The number of hydrogen-bond acceptors (Lipinski definition) is 5. The second kappa shape index (κ2) is 9.30. The van der Waals surface area contributed by atoms with E-state index in [0.717, 1.165) is 10.5 Å². The number of nitrogens with zero attached hydrogens (tertiary/aromatic N) is 1. The van der Waals surface area contributed by atoms with E-state index in [-0.39, 0.29) is 16.6 Å². The Balaban J connectivity index is 1.69. The van der Waals surface area contributed by atoms with Crippen LogP contribution in [0.15, 0.2) is 46.2 Å². The second-order valence-electron chi connectivity index (χ2n) is 7.08. The van der Waals surface area contributed by atoms with Gasteiger partial charge in [0.25, 0.3) is 0 Å². The standard InChI is InChI=1S/C21H26N2O4S2/c1-15-4-6-18(12-17(15)3)28-14-21(24)22-20-13-19(7-5-16(20)2)29(25,26)23-8-10-27-11-9-23/h4-7,12-13H,8-11,14H2,1-3H3,(H,22,24). The number of nitrogens with one attached hydrogen (secondary N) is 1. The van der Waals surface area contributed by atoms with Gasteiger partial charge in [-0.1, -0.05) is 12.1 Å².